The third-order valence-electron chi connectivity index (χ3n) is 3.07. The lowest BCUT2D eigenvalue weighted by Gasteiger charge is -2.34. The summed E-state index contributed by atoms with van der Waals surface area (Å²) in [4.78, 5) is 12.6. The highest BCUT2D eigenvalue weighted by atomic mass is 19.4. The number of halogens is 3. The number of benzene rings is 1. The third kappa shape index (κ3) is 2.33. The monoisotopic (exact) mass is 261 g/mol. The van der Waals surface area contributed by atoms with E-state index in [1.54, 1.807) is 0 Å². The average Bonchev–Trinajstić information content (AvgIpc) is 2.26. The van der Waals surface area contributed by atoms with Crippen molar-refractivity contribution in [3.8, 4) is 0 Å². The molecule has 0 aliphatic rings. The molecule has 0 aromatic heterocycles. The lowest BCUT2D eigenvalue weighted by atomic mass is 9.87. The highest BCUT2D eigenvalue weighted by Gasteiger charge is 2.44. The minimum absolute atomic E-state index is 0.269. The molecule has 1 rings (SSSR count). The second-order valence-electron chi connectivity index (χ2n) is 4.32. The molecule has 1 aromatic carbocycles. The zero-order valence-electron chi connectivity index (χ0n) is 10.2. The normalized spacial score (nSPS) is 15.5. The van der Waals surface area contributed by atoms with E-state index in [1.807, 2.05) is 0 Å². The SMILES string of the molecule is CN(C)[C@](C)(C(=O)O)c1ccccc1C(F)(F)F. The van der Waals surface area contributed by atoms with Crippen LogP contribution in [0.5, 0.6) is 0 Å². The summed E-state index contributed by atoms with van der Waals surface area (Å²) in [5.74, 6) is -1.33. The van der Waals surface area contributed by atoms with Crippen LogP contribution in [0.2, 0.25) is 0 Å². The molecule has 0 saturated heterocycles. The number of aliphatic carboxylic acids is 1. The van der Waals surface area contributed by atoms with Gasteiger partial charge in [0.15, 0.2) is 0 Å². The van der Waals surface area contributed by atoms with Crippen molar-refractivity contribution in [3.63, 3.8) is 0 Å². The molecule has 100 valence electrons. The van der Waals surface area contributed by atoms with E-state index in [9.17, 15) is 23.1 Å². The molecule has 1 atom stereocenters. The van der Waals surface area contributed by atoms with Gasteiger partial charge in [0.25, 0.3) is 0 Å². The van der Waals surface area contributed by atoms with Gasteiger partial charge in [-0.3, -0.25) is 4.90 Å². The predicted molar refractivity (Wildman–Crippen MR) is 60.1 cm³/mol. The molecule has 6 heteroatoms. The molecule has 0 fully saturated rings. The van der Waals surface area contributed by atoms with Crippen molar-refractivity contribution in [2.24, 2.45) is 0 Å². The zero-order valence-corrected chi connectivity index (χ0v) is 10.2. The number of hydrogen-bond donors (Lipinski definition) is 1. The quantitative estimate of drug-likeness (QED) is 0.909. The van der Waals surface area contributed by atoms with Gasteiger partial charge in [0.05, 0.1) is 5.56 Å². The first kappa shape index (κ1) is 14.5. The van der Waals surface area contributed by atoms with Crippen LogP contribution < -0.4 is 0 Å². The van der Waals surface area contributed by atoms with Crippen LogP contribution >= 0.6 is 0 Å². The largest absolute Gasteiger partial charge is 0.480 e. The summed E-state index contributed by atoms with van der Waals surface area (Å²) in [6.45, 7) is 1.25. The van der Waals surface area contributed by atoms with Crippen molar-refractivity contribution in [2.75, 3.05) is 14.1 Å². The van der Waals surface area contributed by atoms with Gasteiger partial charge in [-0.25, -0.2) is 4.79 Å². The highest BCUT2D eigenvalue weighted by Crippen LogP contribution is 2.38. The lowest BCUT2D eigenvalue weighted by molar-refractivity contribution is -0.151. The molecular formula is C12H14F3NO2. The van der Waals surface area contributed by atoms with Gasteiger partial charge in [-0.2, -0.15) is 13.2 Å². The maximum Gasteiger partial charge on any atom is 0.416 e. The van der Waals surface area contributed by atoms with Gasteiger partial charge in [-0.15, -0.1) is 0 Å². The van der Waals surface area contributed by atoms with E-state index in [-0.39, 0.29) is 5.56 Å². The molecule has 0 radical (unpaired) electrons. The first-order chi connectivity index (χ1) is 8.11. The molecule has 0 unspecified atom stereocenters. The predicted octanol–water partition coefficient (Wildman–Crippen LogP) is 2.57. The molecule has 18 heavy (non-hydrogen) atoms. The molecule has 0 aliphatic carbocycles. The topological polar surface area (TPSA) is 40.5 Å². The van der Waals surface area contributed by atoms with Crippen LogP contribution in [-0.4, -0.2) is 30.1 Å². The smallest absolute Gasteiger partial charge is 0.416 e. The summed E-state index contributed by atoms with van der Waals surface area (Å²) < 4.78 is 38.7. The Balaban J connectivity index is 3.54. The number of carboxylic acid groups (broad SMARTS) is 1. The molecule has 0 saturated carbocycles. The van der Waals surface area contributed by atoms with Crippen LogP contribution in [0, 0.1) is 0 Å². The van der Waals surface area contributed by atoms with E-state index in [0.717, 1.165) is 6.07 Å². The van der Waals surface area contributed by atoms with Crippen LogP contribution in [0.1, 0.15) is 18.1 Å². The summed E-state index contributed by atoms with van der Waals surface area (Å²) in [7, 11) is 2.86. The molecule has 0 spiro atoms. The number of likely N-dealkylation sites (N-methyl/N-ethyl adjacent to an activating group) is 1. The Hall–Kier alpha value is -1.56. The summed E-state index contributed by atoms with van der Waals surface area (Å²) in [5.41, 5.74) is -2.93. The van der Waals surface area contributed by atoms with Crippen molar-refractivity contribution in [2.45, 2.75) is 18.6 Å². The van der Waals surface area contributed by atoms with E-state index >= 15 is 0 Å². The van der Waals surface area contributed by atoms with Crippen molar-refractivity contribution >= 4 is 5.97 Å². The minimum atomic E-state index is -4.58. The Bertz CT molecular complexity index is 457. The van der Waals surface area contributed by atoms with Crippen LogP contribution in [0.25, 0.3) is 0 Å². The molecule has 0 heterocycles. The first-order valence-electron chi connectivity index (χ1n) is 5.19. The van der Waals surface area contributed by atoms with Gasteiger partial charge >= 0.3 is 12.1 Å². The molecule has 1 aromatic rings. The van der Waals surface area contributed by atoms with Crippen molar-refractivity contribution in [1.82, 2.24) is 4.90 Å². The second kappa shape index (κ2) is 4.61. The van der Waals surface area contributed by atoms with E-state index in [0.29, 0.717) is 0 Å². The van der Waals surface area contributed by atoms with Gasteiger partial charge in [-0.05, 0) is 32.6 Å². The Kier molecular flexibility index (Phi) is 3.71. The maximum absolute atomic E-state index is 12.9. The number of carbonyl (C=O) groups is 1. The third-order valence-corrected chi connectivity index (χ3v) is 3.07. The zero-order chi connectivity index (χ0) is 14.1. The van der Waals surface area contributed by atoms with Gasteiger partial charge in [0, 0.05) is 0 Å². The summed E-state index contributed by atoms with van der Waals surface area (Å²) in [6, 6.07) is 4.72. The highest BCUT2D eigenvalue weighted by molar-refractivity contribution is 5.80. The van der Waals surface area contributed by atoms with E-state index in [2.05, 4.69) is 0 Å². The van der Waals surface area contributed by atoms with Crippen LogP contribution in [0.15, 0.2) is 24.3 Å². The number of carboxylic acids is 1. The first-order valence-corrected chi connectivity index (χ1v) is 5.19. The maximum atomic E-state index is 12.9. The summed E-state index contributed by atoms with van der Waals surface area (Å²) in [5, 5.41) is 9.24. The molecule has 0 bridgehead atoms. The fourth-order valence-electron chi connectivity index (χ4n) is 1.70. The Morgan fingerprint density at radius 3 is 1.94 bits per heavy atom. The summed E-state index contributed by atoms with van der Waals surface area (Å²) >= 11 is 0. The van der Waals surface area contributed by atoms with Crippen molar-refractivity contribution in [3.05, 3.63) is 35.4 Å². The molecule has 1 N–H and O–H groups in total. The van der Waals surface area contributed by atoms with Crippen molar-refractivity contribution in [1.29, 1.82) is 0 Å². The molecule has 0 amide bonds. The lowest BCUT2D eigenvalue weighted by Crippen LogP contribution is -2.46. The average molecular weight is 261 g/mol. The number of hydrogen-bond acceptors (Lipinski definition) is 2. The fraction of sp³-hybridized carbons (Fsp3) is 0.417. The van der Waals surface area contributed by atoms with Gasteiger partial charge in [0.2, 0.25) is 0 Å². The van der Waals surface area contributed by atoms with Crippen LogP contribution in [0.3, 0.4) is 0 Å². The molecule has 3 nitrogen and oxygen atoms in total. The Morgan fingerprint density at radius 1 is 1.17 bits per heavy atom. The van der Waals surface area contributed by atoms with Crippen LogP contribution in [0.4, 0.5) is 13.2 Å². The number of alkyl halides is 3. The van der Waals surface area contributed by atoms with Gasteiger partial charge in [-0.1, -0.05) is 18.2 Å². The number of nitrogens with zero attached hydrogens (tertiary/aromatic N) is 1. The Morgan fingerprint density at radius 2 is 1.61 bits per heavy atom. The van der Waals surface area contributed by atoms with Crippen molar-refractivity contribution < 1.29 is 23.1 Å². The standard InChI is InChI=1S/C12H14F3NO2/c1-11(10(17)18,16(2)3)8-6-4-5-7-9(8)12(13,14)15/h4-7H,1-3H3,(H,17,18)/t11-/m0/s1. The molecule has 0 aliphatic heterocycles. The van der Waals surface area contributed by atoms with E-state index < -0.39 is 23.2 Å². The van der Waals surface area contributed by atoms with Gasteiger partial charge < -0.3 is 5.11 Å². The van der Waals surface area contributed by atoms with Crippen LogP contribution in [-0.2, 0) is 16.5 Å². The number of rotatable bonds is 3. The second-order valence-corrected chi connectivity index (χ2v) is 4.32. The fourth-order valence-corrected chi connectivity index (χ4v) is 1.70. The molecular weight excluding hydrogens is 247 g/mol. The van der Waals surface area contributed by atoms with E-state index in [1.165, 1.54) is 44.1 Å². The summed E-state index contributed by atoms with van der Waals surface area (Å²) in [6.07, 6.45) is -4.58. The minimum Gasteiger partial charge on any atom is -0.480 e. The van der Waals surface area contributed by atoms with Gasteiger partial charge in [0.1, 0.15) is 5.54 Å². The van der Waals surface area contributed by atoms with E-state index in [4.69, 9.17) is 0 Å². The Labute approximate surface area is 103 Å².